The van der Waals surface area contributed by atoms with Crippen molar-refractivity contribution < 1.29 is 4.74 Å². The lowest BCUT2D eigenvalue weighted by Gasteiger charge is -2.48. The van der Waals surface area contributed by atoms with Crippen LogP contribution in [0.15, 0.2) is 6.20 Å². The molecule has 2 N–H and O–H groups in total. The van der Waals surface area contributed by atoms with E-state index in [4.69, 9.17) is 4.74 Å². The normalized spacial score (nSPS) is 27.1. The molecule has 2 unspecified atom stereocenters. The molecule has 1 saturated carbocycles. The van der Waals surface area contributed by atoms with Crippen LogP contribution >= 0.6 is 0 Å². The summed E-state index contributed by atoms with van der Waals surface area (Å²) < 4.78 is 6.03. The van der Waals surface area contributed by atoms with Gasteiger partial charge in [-0.15, -0.1) is 0 Å². The minimum absolute atomic E-state index is 0.193. The number of hydrogen-bond acceptors (Lipinski definition) is 4. The molecule has 0 aromatic carbocycles. The maximum Gasteiger partial charge on any atom is 0.0996 e. The van der Waals surface area contributed by atoms with Crippen molar-refractivity contribution in [3.8, 4) is 0 Å². The van der Waals surface area contributed by atoms with Crippen LogP contribution in [-0.2, 0) is 4.74 Å². The number of nitrogens with one attached hydrogen (secondary N) is 2. The van der Waals surface area contributed by atoms with E-state index < -0.39 is 0 Å². The van der Waals surface area contributed by atoms with Gasteiger partial charge in [-0.3, -0.25) is 0 Å². The molecular weight excluding hydrogens is 240 g/mol. The summed E-state index contributed by atoms with van der Waals surface area (Å²) in [5.74, 6) is 0.616. The topological polar surface area (TPSA) is 62.8 Å². The van der Waals surface area contributed by atoms with Crippen molar-refractivity contribution in [3.63, 3.8) is 0 Å². The SMILES string of the molecule is CCCNC(c1cn[nH]n1)C1CCOC2(CCC2)C1. The Morgan fingerprint density at radius 2 is 2.47 bits per heavy atom. The van der Waals surface area contributed by atoms with Crippen molar-refractivity contribution in [2.45, 2.75) is 57.1 Å². The number of aromatic amines is 1. The molecule has 1 aliphatic heterocycles. The Bertz CT molecular complexity index is 388. The second-order valence-corrected chi connectivity index (χ2v) is 5.96. The van der Waals surface area contributed by atoms with Crippen molar-refractivity contribution >= 4 is 0 Å². The van der Waals surface area contributed by atoms with Gasteiger partial charge in [0, 0.05) is 6.61 Å². The molecule has 19 heavy (non-hydrogen) atoms. The summed E-state index contributed by atoms with van der Waals surface area (Å²) in [5, 5.41) is 14.7. The van der Waals surface area contributed by atoms with E-state index in [2.05, 4.69) is 27.7 Å². The van der Waals surface area contributed by atoms with Gasteiger partial charge in [0.2, 0.25) is 0 Å². The maximum absolute atomic E-state index is 6.03. The zero-order valence-corrected chi connectivity index (χ0v) is 11.7. The van der Waals surface area contributed by atoms with Crippen LogP contribution < -0.4 is 5.32 Å². The Balaban J connectivity index is 1.71. The standard InChI is InChI=1S/C14H24N4O/c1-2-7-15-13(12-10-16-18-17-12)11-4-8-19-14(9-11)5-3-6-14/h10-11,13,15H,2-9H2,1H3,(H,16,17,18). The average Bonchev–Trinajstić information content (AvgIpc) is 2.92. The number of H-pyrrole nitrogens is 1. The number of aromatic nitrogens is 3. The van der Waals surface area contributed by atoms with Gasteiger partial charge in [0.05, 0.1) is 23.5 Å². The van der Waals surface area contributed by atoms with E-state index in [0.717, 1.165) is 31.7 Å². The lowest BCUT2D eigenvalue weighted by molar-refractivity contribution is -0.147. The van der Waals surface area contributed by atoms with Crippen LogP contribution in [0.5, 0.6) is 0 Å². The summed E-state index contributed by atoms with van der Waals surface area (Å²) in [7, 11) is 0. The van der Waals surface area contributed by atoms with Crippen LogP contribution in [0, 0.1) is 5.92 Å². The molecule has 2 atom stereocenters. The second kappa shape index (κ2) is 5.59. The van der Waals surface area contributed by atoms with Crippen LogP contribution in [0.1, 0.15) is 57.2 Å². The first-order valence-corrected chi connectivity index (χ1v) is 7.56. The van der Waals surface area contributed by atoms with Crippen molar-refractivity contribution in [3.05, 3.63) is 11.9 Å². The van der Waals surface area contributed by atoms with Gasteiger partial charge >= 0.3 is 0 Å². The molecule has 5 heteroatoms. The van der Waals surface area contributed by atoms with Gasteiger partial charge in [-0.25, -0.2) is 0 Å². The zero-order valence-electron chi connectivity index (χ0n) is 11.7. The van der Waals surface area contributed by atoms with E-state index in [0.29, 0.717) is 12.0 Å². The van der Waals surface area contributed by atoms with Crippen molar-refractivity contribution in [1.82, 2.24) is 20.7 Å². The average molecular weight is 264 g/mol. The Morgan fingerprint density at radius 3 is 3.11 bits per heavy atom. The Labute approximate surface area is 114 Å². The molecule has 2 aliphatic rings. The summed E-state index contributed by atoms with van der Waals surface area (Å²) in [6.07, 6.45) is 9.09. The van der Waals surface area contributed by atoms with Crippen molar-refractivity contribution in [2.75, 3.05) is 13.2 Å². The number of nitrogens with zero attached hydrogens (tertiary/aromatic N) is 2. The molecule has 0 bridgehead atoms. The highest BCUT2D eigenvalue weighted by atomic mass is 16.5. The molecule has 0 radical (unpaired) electrons. The van der Waals surface area contributed by atoms with Gasteiger partial charge < -0.3 is 10.1 Å². The van der Waals surface area contributed by atoms with E-state index >= 15 is 0 Å². The second-order valence-electron chi connectivity index (χ2n) is 5.96. The molecule has 106 valence electrons. The molecule has 3 rings (SSSR count). The third kappa shape index (κ3) is 2.67. The van der Waals surface area contributed by atoms with Crippen LogP contribution in [0.4, 0.5) is 0 Å². The van der Waals surface area contributed by atoms with Crippen molar-refractivity contribution in [2.24, 2.45) is 5.92 Å². The summed E-state index contributed by atoms with van der Waals surface area (Å²) in [4.78, 5) is 0. The highest BCUT2D eigenvalue weighted by molar-refractivity contribution is 5.06. The quantitative estimate of drug-likeness (QED) is 0.855. The first-order chi connectivity index (χ1) is 9.33. The number of ether oxygens (including phenoxy) is 1. The summed E-state index contributed by atoms with van der Waals surface area (Å²) >= 11 is 0. The van der Waals surface area contributed by atoms with E-state index in [-0.39, 0.29) is 5.60 Å². The van der Waals surface area contributed by atoms with Gasteiger partial charge in [-0.05, 0) is 51.0 Å². The highest BCUT2D eigenvalue weighted by Gasteiger charge is 2.44. The molecule has 0 amide bonds. The fourth-order valence-corrected chi connectivity index (χ4v) is 3.44. The fraction of sp³-hybridized carbons (Fsp3) is 0.857. The predicted octanol–water partition coefficient (Wildman–Crippen LogP) is 2.19. The van der Waals surface area contributed by atoms with Gasteiger partial charge in [-0.2, -0.15) is 15.4 Å². The minimum atomic E-state index is 0.193. The number of rotatable bonds is 5. The molecular formula is C14H24N4O. The van der Waals surface area contributed by atoms with E-state index in [1.54, 1.807) is 0 Å². The monoisotopic (exact) mass is 264 g/mol. The van der Waals surface area contributed by atoms with E-state index in [9.17, 15) is 0 Å². The lowest BCUT2D eigenvalue weighted by Crippen LogP contribution is -2.48. The molecule has 1 aromatic rings. The van der Waals surface area contributed by atoms with Gasteiger partial charge in [0.25, 0.3) is 0 Å². The lowest BCUT2D eigenvalue weighted by atomic mass is 9.70. The molecule has 1 aromatic heterocycles. The summed E-state index contributed by atoms with van der Waals surface area (Å²) in [6.45, 7) is 4.12. The number of hydrogen-bond donors (Lipinski definition) is 2. The maximum atomic E-state index is 6.03. The van der Waals surface area contributed by atoms with E-state index in [1.807, 2.05) is 6.20 Å². The van der Waals surface area contributed by atoms with Crippen LogP contribution in [0.25, 0.3) is 0 Å². The minimum Gasteiger partial charge on any atom is -0.375 e. The van der Waals surface area contributed by atoms with Crippen LogP contribution in [-0.4, -0.2) is 34.2 Å². The molecule has 1 saturated heterocycles. The first-order valence-electron chi connectivity index (χ1n) is 7.56. The van der Waals surface area contributed by atoms with Crippen LogP contribution in [0.2, 0.25) is 0 Å². The van der Waals surface area contributed by atoms with Crippen molar-refractivity contribution in [1.29, 1.82) is 0 Å². The largest absolute Gasteiger partial charge is 0.375 e. The Hall–Kier alpha value is -0.940. The molecule has 5 nitrogen and oxygen atoms in total. The first kappa shape index (κ1) is 13.1. The Morgan fingerprint density at radius 1 is 1.58 bits per heavy atom. The summed E-state index contributed by atoms with van der Waals surface area (Å²) in [5.41, 5.74) is 1.24. The zero-order chi connectivity index (χ0) is 13.1. The Kier molecular flexibility index (Phi) is 3.84. The molecule has 2 heterocycles. The van der Waals surface area contributed by atoms with E-state index in [1.165, 1.54) is 25.7 Å². The van der Waals surface area contributed by atoms with Gasteiger partial charge in [0.1, 0.15) is 0 Å². The van der Waals surface area contributed by atoms with Crippen LogP contribution in [0.3, 0.4) is 0 Å². The third-order valence-electron chi connectivity index (χ3n) is 4.63. The van der Waals surface area contributed by atoms with Gasteiger partial charge in [0.15, 0.2) is 0 Å². The third-order valence-corrected chi connectivity index (χ3v) is 4.63. The predicted molar refractivity (Wildman–Crippen MR) is 72.7 cm³/mol. The molecule has 1 spiro atoms. The smallest absolute Gasteiger partial charge is 0.0996 e. The fourth-order valence-electron chi connectivity index (χ4n) is 3.44. The van der Waals surface area contributed by atoms with Gasteiger partial charge in [-0.1, -0.05) is 6.92 Å². The molecule has 1 aliphatic carbocycles. The molecule has 2 fully saturated rings. The summed E-state index contributed by atoms with van der Waals surface area (Å²) in [6, 6.07) is 0.320. The highest BCUT2D eigenvalue weighted by Crippen LogP contribution is 2.46.